The van der Waals surface area contributed by atoms with Gasteiger partial charge in [-0.1, -0.05) is 30.9 Å². The molecule has 0 atom stereocenters. The maximum absolute atomic E-state index is 10.5. The Morgan fingerprint density at radius 3 is 2.42 bits per heavy atom. The summed E-state index contributed by atoms with van der Waals surface area (Å²) in [4.78, 5) is 10.5. The van der Waals surface area contributed by atoms with E-state index in [4.69, 9.17) is 5.11 Å². The second-order valence-electron chi connectivity index (χ2n) is 2.10. The summed E-state index contributed by atoms with van der Waals surface area (Å²) in [5.74, 6) is -0.916. The average molecular weight is 357 g/mol. The molecule has 0 saturated carbocycles. The first-order chi connectivity index (χ1) is 5.25. The molecule has 0 saturated heterocycles. The second-order valence-corrected chi connectivity index (χ2v) is 2.10. The minimum atomic E-state index is -0.916. The van der Waals surface area contributed by atoms with E-state index in [2.05, 4.69) is 6.58 Å². The number of carboxylic acids is 1. The van der Waals surface area contributed by atoms with Crippen LogP contribution in [0.4, 0.5) is 0 Å². The summed E-state index contributed by atoms with van der Waals surface area (Å²) in [5.41, 5.74) is 0.947. The van der Waals surface area contributed by atoms with Gasteiger partial charge in [-0.15, -0.1) is 0 Å². The van der Waals surface area contributed by atoms with E-state index in [0.29, 0.717) is 11.1 Å². The molecule has 1 aromatic carbocycles. The SMILES string of the molecule is C=Cc1ccccc1C(=O)O.[PbH2]. The number of rotatable bonds is 2. The summed E-state index contributed by atoms with van der Waals surface area (Å²) >= 11 is 0. The second kappa shape index (κ2) is 5.08. The maximum atomic E-state index is 10.5. The van der Waals surface area contributed by atoms with Crippen molar-refractivity contribution in [3.05, 3.63) is 42.0 Å². The Kier molecular flexibility index (Phi) is 4.80. The number of benzene rings is 1. The summed E-state index contributed by atoms with van der Waals surface area (Å²) < 4.78 is 0. The Hall–Kier alpha value is -0.648. The van der Waals surface area contributed by atoms with Crippen molar-refractivity contribution < 1.29 is 9.90 Å². The Labute approximate surface area is 91.1 Å². The zero-order valence-electron chi connectivity index (χ0n) is 6.66. The van der Waals surface area contributed by atoms with Gasteiger partial charge >= 0.3 is 33.3 Å². The van der Waals surface area contributed by atoms with Gasteiger partial charge in [-0.2, -0.15) is 0 Å². The fraction of sp³-hybridized carbons (Fsp3) is 0. The monoisotopic (exact) mass is 358 g/mol. The molecule has 0 aromatic heterocycles. The average Bonchev–Trinajstić information content (AvgIpc) is 2.04. The van der Waals surface area contributed by atoms with Gasteiger partial charge in [0.05, 0.1) is 5.56 Å². The Morgan fingerprint density at radius 1 is 1.42 bits per heavy atom. The summed E-state index contributed by atoms with van der Waals surface area (Å²) in [6.07, 6.45) is 1.53. The van der Waals surface area contributed by atoms with Crippen LogP contribution in [0.25, 0.3) is 6.08 Å². The molecule has 0 unspecified atom stereocenters. The van der Waals surface area contributed by atoms with Crippen LogP contribution in [0.5, 0.6) is 0 Å². The predicted octanol–water partition coefficient (Wildman–Crippen LogP) is 1.11. The Bertz CT molecular complexity index is 294. The van der Waals surface area contributed by atoms with Gasteiger partial charge in [-0.05, 0) is 11.6 Å². The number of hydrogen-bond donors (Lipinski definition) is 1. The van der Waals surface area contributed by atoms with Gasteiger partial charge in [0, 0.05) is 0 Å². The van der Waals surface area contributed by atoms with Gasteiger partial charge in [0.2, 0.25) is 0 Å². The molecule has 0 amide bonds. The zero-order valence-corrected chi connectivity index (χ0v) is 12.2. The molecule has 2 radical (unpaired) electrons. The molecule has 0 aliphatic heterocycles. The molecule has 1 N–H and O–H groups in total. The molecule has 3 heteroatoms. The Balaban J connectivity index is 0.00000121. The van der Waals surface area contributed by atoms with E-state index in [0.717, 1.165) is 0 Å². The van der Waals surface area contributed by atoms with Gasteiger partial charge in [0.1, 0.15) is 0 Å². The van der Waals surface area contributed by atoms with E-state index in [1.165, 1.54) is 6.08 Å². The third kappa shape index (κ3) is 2.44. The topological polar surface area (TPSA) is 37.3 Å². The summed E-state index contributed by atoms with van der Waals surface area (Å²) in [6.45, 7) is 3.51. The molecule has 62 valence electrons. The molecule has 0 heterocycles. The van der Waals surface area contributed by atoms with E-state index in [9.17, 15) is 4.79 Å². The Morgan fingerprint density at radius 2 is 2.00 bits per heavy atom. The van der Waals surface area contributed by atoms with Crippen molar-refractivity contribution in [3.8, 4) is 0 Å². The van der Waals surface area contributed by atoms with Gasteiger partial charge in [-0.25, -0.2) is 4.79 Å². The van der Waals surface area contributed by atoms with E-state index in [1.807, 2.05) is 0 Å². The summed E-state index contributed by atoms with van der Waals surface area (Å²) in [7, 11) is 0. The van der Waals surface area contributed by atoms with Crippen LogP contribution in [-0.4, -0.2) is 38.4 Å². The van der Waals surface area contributed by atoms with Crippen molar-refractivity contribution in [3.63, 3.8) is 0 Å². The van der Waals surface area contributed by atoms with Crippen LogP contribution >= 0.6 is 0 Å². The molecule has 0 bridgehead atoms. The number of aromatic carboxylic acids is 1. The van der Waals surface area contributed by atoms with Crippen molar-refractivity contribution in [1.82, 2.24) is 0 Å². The van der Waals surface area contributed by atoms with Gasteiger partial charge < -0.3 is 5.11 Å². The van der Waals surface area contributed by atoms with E-state index < -0.39 is 5.97 Å². The molecule has 0 spiro atoms. The third-order valence-corrected chi connectivity index (χ3v) is 1.41. The van der Waals surface area contributed by atoms with E-state index in [1.54, 1.807) is 24.3 Å². The third-order valence-electron chi connectivity index (χ3n) is 1.41. The molecule has 1 rings (SSSR count). The van der Waals surface area contributed by atoms with Crippen molar-refractivity contribution >= 4 is 39.3 Å². The van der Waals surface area contributed by atoms with Crippen LogP contribution in [0.3, 0.4) is 0 Å². The first-order valence-corrected chi connectivity index (χ1v) is 3.20. The molecule has 0 fully saturated rings. The number of carbonyl (C=O) groups is 1. The minimum absolute atomic E-state index is 0. The predicted molar refractivity (Wildman–Crippen MR) is 52.0 cm³/mol. The normalized spacial score (nSPS) is 8.33. The van der Waals surface area contributed by atoms with Crippen LogP contribution < -0.4 is 0 Å². The first kappa shape index (κ1) is 11.4. The zero-order chi connectivity index (χ0) is 8.27. The van der Waals surface area contributed by atoms with E-state index in [-0.39, 0.29) is 27.3 Å². The van der Waals surface area contributed by atoms with Crippen molar-refractivity contribution in [2.75, 3.05) is 0 Å². The van der Waals surface area contributed by atoms with Gasteiger partial charge in [-0.3, -0.25) is 0 Å². The standard InChI is InChI=1S/C9H8O2.Pb.2H/c1-2-7-5-3-4-6-8(7)9(10)11;;;/h2-6H,1H2,(H,10,11);;;. The van der Waals surface area contributed by atoms with Crippen LogP contribution in [0, 0.1) is 0 Å². The molecule has 0 aliphatic rings. The van der Waals surface area contributed by atoms with Gasteiger partial charge in [0.15, 0.2) is 0 Å². The van der Waals surface area contributed by atoms with E-state index >= 15 is 0 Å². The molecule has 2 nitrogen and oxygen atoms in total. The molecule has 0 aliphatic carbocycles. The molecular weight excluding hydrogens is 347 g/mol. The first-order valence-electron chi connectivity index (χ1n) is 3.20. The number of carboxylic acid groups (broad SMARTS) is 1. The van der Waals surface area contributed by atoms with Crippen LogP contribution in [0.2, 0.25) is 0 Å². The van der Waals surface area contributed by atoms with Crippen molar-refractivity contribution in [2.45, 2.75) is 0 Å². The molecular formula is C9H10O2Pb. The number of hydrogen-bond acceptors (Lipinski definition) is 1. The molecule has 12 heavy (non-hydrogen) atoms. The molecule has 1 aromatic rings. The van der Waals surface area contributed by atoms with Crippen LogP contribution in [0.15, 0.2) is 30.8 Å². The summed E-state index contributed by atoms with van der Waals surface area (Å²) in [5, 5.41) is 8.65. The van der Waals surface area contributed by atoms with Crippen molar-refractivity contribution in [2.24, 2.45) is 0 Å². The fourth-order valence-electron chi connectivity index (χ4n) is 0.870. The van der Waals surface area contributed by atoms with Gasteiger partial charge in [0.25, 0.3) is 0 Å². The van der Waals surface area contributed by atoms with Crippen LogP contribution in [0.1, 0.15) is 15.9 Å². The quantitative estimate of drug-likeness (QED) is 0.806. The summed E-state index contributed by atoms with van der Waals surface area (Å²) in [6, 6.07) is 6.75. The fourth-order valence-corrected chi connectivity index (χ4v) is 0.870. The van der Waals surface area contributed by atoms with Crippen molar-refractivity contribution in [1.29, 1.82) is 0 Å². The van der Waals surface area contributed by atoms with Crippen LogP contribution in [-0.2, 0) is 0 Å².